The summed E-state index contributed by atoms with van der Waals surface area (Å²) in [5, 5.41) is 3.31. The summed E-state index contributed by atoms with van der Waals surface area (Å²) in [4.78, 5) is 20.3. The molecule has 0 radical (unpaired) electrons. The van der Waals surface area contributed by atoms with E-state index < -0.39 is 0 Å². The predicted octanol–water partition coefficient (Wildman–Crippen LogP) is 2.77. The Morgan fingerprint density at radius 2 is 2.07 bits per heavy atom. The van der Waals surface area contributed by atoms with Crippen LogP contribution in [0.4, 0.5) is 17.6 Å². The molecule has 2 aliphatic heterocycles. The lowest BCUT2D eigenvalue weighted by atomic mass is 9.85. The van der Waals surface area contributed by atoms with Crippen LogP contribution < -0.4 is 10.2 Å². The van der Waals surface area contributed by atoms with E-state index >= 15 is 0 Å². The second-order valence-corrected chi connectivity index (χ2v) is 7.84. The van der Waals surface area contributed by atoms with Gasteiger partial charge in [0.05, 0.1) is 31.3 Å². The van der Waals surface area contributed by atoms with E-state index in [0.717, 1.165) is 61.3 Å². The summed E-state index contributed by atoms with van der Waals surface area (Å²) in [5.41, 5.74) is 2.26. The minimum Gasteiger partial charge on any atom is -0.380 e. The van der Waals surface area contributed by atoms with E-state index in [0.29, 0.717) is 11.5 Å². The summed E-state index contributed by atoms with van der Waals surface area (Å²) in [6.07, 6.45) is 6.59. The third-order valence-electron chi connectivity index (χ3n) is 5.45. The Bertz CT molecular complexity index is 979. The first-order chi connectivity index (χ1) is 13.1. The second kappa shape index (κ2) is 6.16. The maximum Gasteiger partial charge on any atom is 0.227 e. The molecule has 2 saturated heterocycles. The molecule has 0 aromatic carbocycles. The highest BCUT2D eigenvalue weighted by Gasteiger charge is 2.45. The van der Waals surface area contributed by atoms with Crippen LogP contribution in [0.1, 0.15) is 26.3 Å². The Balaban J connectivity index is 1.38. The van der Waals surface area contributed by atoms with E-state index in [-0.39, 0.29) is 0 Å². The molecule has 0 unspecified atom stereocenters. The molecule has 0 bridgehead atoms. The minimum absolute atomic E-state index is 0.314. The zero-order chi connectivity index (χ0) is 18.4. The molecule has 140 valence electrons. The lowest BCUT2D eigenvalue weighted by Gasteiger charge is -2.37. The molecule has 2 fully saturated rings. The number of hydrogen-bond donors (Lipinski definition) is 1. The zero-order valence-electron chi connectivity index (χ0n) is 15.6. The molecule has 0 saturated carbocycles. The molecular formula is C19H23N7O. The van der Waals surface area contributed by atoms with Crippen molar-refractivity contribution in [3.05, 3.63) is 30.9 Å². The molecule has 1 N–H and O–H groups in total. The first-order valence-electron chi connectivity index (χ1n) is 9.37. The SMILES string of the molecule is CC(C)n1cnc2cnc(Nc3ccnc(N4CCC5(COC5)C4)n3)cc21. The summed E-state index contributed by atoms with van der Waals surface area (Å²) < 4.78 is 7.54. The minimum atomic E-state index is 0.314. The molecule has 5 heterocycles. The van der Waals surface area contributed by atoms with Crippen LogP contribution in [0.5, 0.6) is 0 Å². The number of imidazole rings is 1. The smallest absolute Gasteiger partial charge is 0.227 e. The van der Waals surface area contributed by atoms with Gasteiger partial charge in [-0.1, -0.05) is 0 Å². The highest BCUT2D eigenvalue weighted by atomic mass is 16.5. The van der Waals surface area contributed by atoms with Crippen molar-refractivity contribution in [3.63, 3.8) is 0 Å². The number of anilines is 3. The van der Waals surface area contributed by atoms with Crippen LogP contribution in [-0.2, 0) is 4.74 Å². The van der Waals surface area contributed by atoms with Crippen LogP contribution in [-0.4, -0.2) is 50.8 Å². The highest BCUT2D eigenvalue weighted by Crippen LogP contribution is 2.38. The molecule has 1 spiro atoms. The van der Waals surface area contributed by atoms with Gasteiger partial charge < -0.3 is 19.5 Å². The van der Waals surface area contributed by atoms with Crippen molar-refractivity contribution in [3.8, 4) is 0 Å². The number of pyridine rings is 1. The van der Waals surface area contributed by atoms with Crippen molar-refractivity contribution in [2.45, 2.75) is 26.3 Å². The lowest BCUT2D eigenvalue weighted by molar-refractivity contribution is -0.0985. The molecule has 2 aliphatic rings. The van der Waals surface area contributed by atoms with Crippen LogP contribution >= 0.6 is 0 Å². The summed E-state index contributed by atoms with van der Waals surface area (Å²) in [7, 11) is 0. The quantitative estimate of drug-likeness (QED) is 0.761. The second-order valence-electron chi connectivity index (χ2n) is 7.84. The fourth-order valence-corrected chi connectivity index (χ4v) is 3.84. The largest absolute Gasteiger partial charge is 0.380 e. The number of ether oxygens (including phenoxy) is 1. The van der Waals surface area contributed by atoms with Gasteiger partial charge >= 0.3 is 0 Å². The van der Waals surface area contributed by atoms with Crippen LogP contribution in [0.15, 0.2) is 30.9 Å². The van der Waals surface area contributed by atoms with Crippen molar-refractivity contribution in [1.29, 1.82) is 0 Å². The Labute approximate surface area is 157 Å². The average Bonchev–Trinajstić information content (AvgIpc) is 3.26. The molecular weight excluding hydrogens is 342 g/mol. The van der Waals surface area contributed by atoms with Gasteiger partial charge in [0.2, 0.25) is 5.95 Å². The molecule has 8 nitrogen and oxygen atoms in total. The van der Waals surface area contributed by atoms with Gasteiger partial charge in [0.15, 0.2) is 0 Å². The van der Waals surface area contributed by atoms with Gasteiger partial charge in [-0.25, -0.2) is 15.0 Å². The number of hydrogen-bond acceptors (Lipinski definition) is 7. The van der Waals surface area contributed by atoms with Crippen molar-refractivity contribution in [2.75, 3.05) is 36.5 Å². The van der Waals surface area contributed by atoms with Gasteiger partial charge in [-0.3, -0.25) is 0 Å². The monoisotopic (exact) mass is 365 g/mol. The van der Waals surface area contributed by atoms with Crippen LogP contribution in [0.3, 0.4) is 0 Å². The van der Waals surface area contributed by atoms with E-state index in [4.69, 9.17) is 9.72 Å². The molecule has 3 aromatic rings. The third kappa shape index (κ3) is 2.90. The van der Waals surface area contributed by atoms with Gasteiger partial charge in [0, 0.05) is 36.8 Å². The first-order valence-corrected chi connectivity index (χ1v) is 9.37. The number of nitrogens with zero attached hydrogens (tertiary/aromatic N) is 6. The molecule has 3 aromatic heterocycles. The van der Waals surface area contributed by atoms with Crippen LogP contribution in [0.2, 0.25) is 0 Å². The fourth-order valence-electron chi connectivity index (χ4n) is 3.84. The Hall–Kier alpha value is -2.74. The first kappa shape index (κ1) is 16.4. The molecule has 27 heavy (non-hydrogen) atoms. The predicted molar refractivity (Wildman–Crippen MR) is 103 cm³/mol. The van der Waals surface area contributed by atoms with E-state index in [1.165, 1.54) is 0 Å². The molecule has 8 heteroatoms. The zero-order valence-corrected chi connectivity index (χ0v) is 15.6. The number of fused-ring (bicyclic) bond motifs is 1. The van der Waals surface area contributed by atoms with Crippen molar-refractivity contribution >= 4 is 28.6 Å². The number of nitrogens with one attached hydrogen (secondary N) is 1. The van der Waals surface area contributed by atoms with Crippen LogP contribution in [0.25, 0.3) is 11.0 Å². The van der Waals surface area contributed by atoms with E-state index in [9.17, 15) is 0 Å². The molecule has 5 rings (SSSR count). The Morgan fingerprint density at radius 3 is 2.81 bits per heavy atom. The summed E-state index contributed by atoms with van der Waals surface area (Å²) in [6, 6.07) is 4.22. The van der Waals surface area contributed by atoms with E-state index in [1.807, 2.05) is 18.5 Å². The number of rotatable bonds is 4. The normalized spacial score (nSPS) is 18.4. The van der Waals surface area contributed by atoms with Gasteiger partial charge in [0.25, 0.3) is 0 Å². The maximum absolute atomic E-state index is 5.41. The van der Waals surface area contributed by atoms with Crippen molar-refractivity contribution in [2.24, 2.45) is 5.41 Å². The molecule has 0 atom stereocenters. The molecule has 0 amide bonds. The topological polar surface area (TPSA) is 81.0 Å². The van der Waals surface area contributed by atoms with Crippen molar-refractivity contribution in [1.82, 2.24) is 24.5 Å². The van der Waals surface area contributed by atoms with E-state index in [2.05, 4.69) is 43.6 Å². The average molecular weight is 365 g/mol. The fraction of sp³-hybridized carbons (Fsp3) is 0.474. The van der Waals surface area contributed by atoms with Crippen LogP contribution in [0, 0.1) is 5.41 Å². The third-order valence-corrected chi connectivity index (χ3v) is 5.45. The van der Waals surface area contributed by atoms with Gasteiger partial charge in [-0.05, 0) is 26.3 Å². The molecule has 0 aliphatic carbocycles. The highest BCUT2D eigenvalue weighted by molar-refractivity contribution is 5.78. The summed E-state index contributed by atoms with van der Waals surface area (Å²) >= 11 is 0. The van der Waals surface area contributed by atoms with Gasteiger partial charge in [-0.2, -0.15) is 4.98 Å². The van der Waals surface area contributed by atoms with Gasteiger partial charge in [0.1, 0.15) is 17.2 Å². The maximum atomic E-state index is 5.41. The summed E-state index contributed by atoms with van der Waals surface area (Å²) in [6.45, 7) is 7.94. The number of aromatic nitrogens is 5. The standard InChI is InChI=1S/C19H23N7O/c1-13(2)26-12-22-14-8-21-17(7-15(14)26)23-16-3-5-20-18(24-16)25-6-4-19(9-25)10-27-11-19/h3,5,7-8,12-13H,4,6,9-11H2,1-2H3,(H,20,21,23,24). The Kier molecular flexibility index (Phi) is 3.75. The van der Waals surface area contributed by atoms with E-state index in [1.54, 1.807) is 12.4 Å². The van der Waals surface area contributed by atoms with Crippen molar-refractivity contribution < 1.29 is 4.74 Å². The lowest BCUT2D eigenvalue weighted by Crippen LogP contribution is -2.44. The summed E-state index contributed by atoms with van der Waals surface area (Å²) in [5.74, 6) is 2.25. The Morgan fingerprint density at radius 1 is 1.19 bits per heavy atom. The van der Waals surface area contributed by atoms with Gasteiger partial charge in [-0.15, -0.1) is 0 Å².